The Morgan fingerprint density at radius 2 is 2.06 bits per heavy atom. The van der Waals surface area contributed by atoms with Gasteiger partial charge in [0.05, 0.1) is 25.2 Å². The van der Waals surface area contributed by atoms with Crippen molar-refractivity contribution < 1.29 is 22.6 Å². The number of ether oxygens (including phenoxy) is 2. The summed E-state index contributed by atoms with van der Waals surface area (Å²) in [5.74, 6) is 0. The molecule has 6 heteroatoms. The second kappa shape index (κ2) is 5.84. The van der Waals surface area contributed by atoms with Gasteiger partial charge >= 0.3 is 6.18 Å². The Kier molecular flexibility index (Phi) is 5.01. The smallest absolute Gasteiger partial charge is 0.377 e. The number of hydrogen-bond acceptors (Lipinski definition) is 3. The molecule has 1 rings (SSSR count). The number of rotatable bonds is 6. The average Bonchev–Trinajstić information content (AvgIpc) is 2.14. The van der Waals surface area contributed by atoms with E-state index < -0.39 is 12.6 Å². The highest BCUT2D eigenvalue weighted by Crippen LogP contribution is 2.28. The summed E-state index contributed by atoms with van der Waals surface area (Å²) < 4.78 is 46.0. The van der Waals surface area contributed by atoms with E-state index in [9.17, 15) is 13.2 Å². The van der Waals surface area contributed by atoms with Crippen molar-refractivity contribution in [2.24, 2.45) is 0 Å². The maximum absolute atomic E-state index is 11.9. The lowest BCUT2D eigenvalue weighted by atomic mass is 9.85. The summed E-state index contributed by atoms with van der Waals surface area (Å²) in [6.07, 6.45) is -4.67. The highest BCUT2D eigenvalue weighted by atomic mass is 19.4. The first-order chi connectivity index (χ1) is 7.48. The van der Waals surface area contributed by atoms with Crippen LogP contribution in [-0.4, -0.2) is 44.7 Å². The Morgan fingerprint density at radius 3 is 2.56 bits per heavy atom. The molecule has 0 amide bonds. The third-order valence-electron chi connectivity index (χ3n) is 2.71. The number of likely N-dealkylation sites (N-methyl/N-ethyl adjacent to an activating group) is 1. The molecule has 1 aliphatic rings. The molecule has 0 aromatic heterocycles. The van der Waals surface area contributed by atoms with Gasteiger partial charge < -0.3 is 14.8 Å². The van der Waals surface area contributed by atoms with Crippen LogP contribution in [-0.2, 0) is 9.47 Å². The molecule has 3 unspecified atom stereocenters. The first-order valence-corrected chi connectivity index (χ1v) is 5.42. The fourth-order valence-corrected chi connectivity index (χ4v) is 1.85. The topological polar surface area (TPSA) is 30.5 Å². The number of methoxy groups -OCH3 is 1. The standard InChI is InChI=1S/C10H18F3NO2/c1-3-14-7-6-8(9(7)15-2)16-5-4-10(11,12)13/h7-9,14H,3-6H2,1-2H3. The van der Waals surface area contributed by atoms with Crippen molar-refractivity contribution in [3.8, 4) is 0 Å². The molecule has 0 bridgehead atoms. The quantitative estimate of drug-likeness (QED) is 0.768. The number of hydrogen-bond donors (Lipinski definition) is 1. The molecule has 0 aromatic rings. The van der Waals surface area contributed by atoms with Crippen LogP contribution in [0.2, 0.25) is 0 Å². The fourth-order valence-electron chi connectivity index (χ4n) is 1.85. The summed E-state index contributed by atoms with van der Waals surface area (Å²) >= 11 is 0. The van der Waals surface area contributed by atoms with E-state index in [-0.39, 0.29) is 24.9 Å². The van der Waals surface area contributed by atoms with Crippen LogP contribution in [0.1, 0.15) is 19.8 Å². The summed E-state index contributed by atoms with van der Waals surface area (Å²) in [5, 5.41) is 3.19. The van der Waals surface area contributed by atoms with Crippen molar-refractivity contribution in [3.63, 3.8) is 0 Å². The van der Waals surface area contributed by atoms with Gasteiger partial charge in [0.15, 0.2) is 0 Å². The second-order valence-electron chi connectivity index (χ2n) is 3.87. The largest absolute Gasteiger partial charge is 0.391 e. The number of alkyl halides is 3. The molecule has 1 aliphatic carbocycles. The molecule has 16 heavy (non-hydrogen) atoms. The van der Waals surface area contributed by atoms with Crippen LogP contribution in [0.5, 0.6) is 0 Å². The second-order valence-corrected chi connectivity index (χ2v) is 3.87. The fraction of sp³-hybridized carbons (Fsp3) is 1.00. The highest BCUT2D eigenvalue weighted by Gasteiger charge is 2.42. The number of nitrogens with one attached hydrogen (secondary N) is 1. The van der Waals surface area contributed by atoms with Gasteiger partial charge in [-0.2, -0.15) is 13.2 Å². The highest BCUT2D eigenvalue weighted by molar-refractivity contribution is 4.96. The zero-order valence-corrected chi connectivity index (χ0v) is 9.51. The molecule has 96 valence electrons. The zero-order valence-electron chi connectivity index (χ0n) is 9.51. The molecule has 0 spiro atoms. The van der Waals surface area contributed by atoms with E-state index in [1.807, 2.05) is 6.92 Å². The Balaban J connectivity index is 2.19. The molecule has 3 atom stereocenters. The van der Waals surface area contributed by atoms with E-state index in [0.717, 1.165) is 6.54 Å². The maximum atomic E-state index is 11.9. The average molecular weight is 241 g/mol. The maximum Gasteiger partial charge on any atom is 0.391 e. The van der Waals surface area contributed by atoms with Crippen molar-refractivity contribution in [3.05, 3.63) is 0 Å². The molecule has 0 radical (unpaired) electrons. The molecule has 3 nitrogen and oxygen atoms in total. The van der Waals surface area contributed by atoms with E-state index in [2.05, 4.69) is 5.32 Å². The van der Waals surface area contributed by atoms with E-state index in [1.54, 1.807) is 7.11 Å². The lowest BCUT2D eigenvalue weighted by Gasteiger charge is -2.43. The minimum absolute atomic E-state index is 0.131. The van der Waals surface area contributed by atoms with Crippen LogP contribution in [0.15, 0.2) is 0 Å². The third kappa shape index (κ3) is 3.92. The monoisotopic (exact) mass is 241 g/mol. The van der Waals surface area contributed by atoms with Crippen LogP contribution in [0.25, 0.3) is 0 Å². The van der Waals surface area contributed by atoms with Crippen molar-refractivity contribution in [1.29, 1.82) is 0 Å². The predicted molar refractivity (Wildman–Crippen MR) is 53.3 cm³/mol. The first kappa shape index (κ1) is 13.7. The zero-order chi connectivity index (χ0) is 12.2. The molecular weight excluding hydrogens is 223 g/mol. The minimum atomic E-state index is -4.15. The van der Waals surface area contributed by atoms with Crippen LogP contribution in [0, 0.1) is 0 Å². The van der Waals surface area contributed by atoms with E-state index in [4.69, 9.17) is 9.47 Å². The van der Waals surface area contributed by atoms with Crippen LogP contribution in [0.3, 0.4) is 0 Å². The van der Waals surface area contributed by atoms with Gasteiger partial charge in [0.1, 0.15) is 0 Å². The molecule has 0 heterocycles. The molecule has 1 N–H and O–H groups in total. The van der Waals surface area contributed by atoms with E-state index >= 15 is 0 Å². The predicted octanol–water partition coefficient (Wildman–Crippen LogP) is 1.72. The summed E-state index contributed by atoms with van der Waals surface area (Å²) in [6.45, 7) is 2.51. The lowest BCUT2D eigenvalue weighted by Crippen LogP contribution is -2.59. The number of halogens is 3. The van der Waals surface area contributed by atoms with Gasteiger partial charge in [0.2, 0.25) is 0 Å². The van der Waals surface area contributed by atoms with Gasteiger partial charge in [-0.15, -0.1) is 0 Å². The summed E-state index contributed by atoms with van der Waals surface area (Å²) in [6, 6.07) is 0.200. The van der Waals surface area contributed by atoms with Crippen LogP contribution < -0.4 is 5.32 Å². The molecule has 0 saturated heterocycles. The normalized spacial score (nSPS) is 30.2. The van der Waals surface area contributed by atoms with Crippen molar-refractivity contribution >= 4 is 0 Å². The van der Waals surface area contributed by atoms with E-state index in [1.165, 1.54) is 0 Å². The Labute approximate surface area is 93.3 Å². The Morgan fingerprint density at radius 1 is 1.38 bits per heavy atom. The van der Waals surface area contributed by atoms with Gasteiger partial charge in [-0.3, -0.25) is 0 Å². The van der Waals surface area contributed by atoms with Crippen LogP contribution >= 0.6 is 0 Å². The van der Waals surface area contributed by atoms with Crippen molar-refractivity contribution in [2.45, 2.75) is 44.2 Å². The van der Waals surface area contributed by atoms with Crippen LogP contribution in [0.4, 0.5) is 13.2 Å². The van der Waals surface area contributed by atoms with Crippen molar-refractivity contribution in [1.82, 2.24) is 5.32 Å². The molecular formula is C10H18F3NO2. The molecule has 1 fully saturated rings. The molecule has 0 aromatic carbocycles. The lowest BCUT2D eigenvalue weighted by molar-refractivity contribution is -0.173. The Bertz CT molecular complexity index is 211. The van der Waals surface area contributed by atoms with Gasteiger partial charge in [-0.25, -0.2) is 0 Å². The van der Waals surface area contributed by atoms with Gasteiger partial charge in [-0.05, 0) is 13.0 Å². The first-order valence-electron chi connectivity index (χ1n) is 5.42. The third-order valence-corrected chi connectivity index (χ3v) is 2.71. The summed E-state index contributed by atoms with van der Waals surface area (Å²) in [5.41, 5.74) is 0. The molecule has 0 aliphatic heterocycles. The summed E-state index contributed by atoms with van der Waals surface area (Å²) in [4.78, 5) is 0. The van der Waals surface area contributed by atoms with Crippen molar-refractivity contribution in [2.75, 3.05) is 20.3 Å². The summed E-state index contributed by atoms with van der Waals surface area (Å²) in [7, 11) is 1.55. The van der Waals surface area contributed by atoms with E-state index in [0.29, 0.717) is 6.42 Å². The van der Waals surface area contributed by atoms with Gasteiger partial charge in [0.25, 0.3) is 0 Å². The van der Waals surface area contributed by atoms with Gasteiger partial charge in [0, 0.05) is 13.2 Å². The minimum Gasteiger partial charge on any atom is -0.377 e. The SMILES string of the molecule is CCNC1CC(OCCC(F)(F)F)C1OC. The Hall–Kier alpha value is -0.330. The van der Waals surface area contributed by atoms with Gasteiger partial charge in [-0.1, -0.05) is 6.92 Å². The molecule has 1 saturated carbocycles.